The molecule has 9 heteroatoms. The molecular weight excluding hydrogens is 405 g/mol. The molecule has 6 nitrogen and oxygen atoms in total. The Morgan fingerprint density at radius 1 is 1.21 bits per heavy atom. The van der Waals surface area contributed by atoms with Crippen LogP contribution in [0, 0.1) is 5.82 Å². The molecule has 0 saturated carbocycles. The second-order valence-electron chi connectivity index (χ2n) is 5.88. The number of hydrogen-bond acceptors (Lipinski definition) is 7. The standard InChI is InChI=1S/C19H19ClFN3O3S/c1-3-4-9-28-19-24-23-17(27-19)12(2)25-14-5-7-15(8-6-14)26-18-16(21)10-13(20)11-22-18/h5-8,10-12H,3-4,9H2,1-2H3/t12-/m1/s1. The molecule has 0 amide bonds. The Balaban J connectivity index is 1.57. The lowest BCUT2D eigenvalue weighted by atomic mass is 10.3. The number of pyridine rings is 1. The summed E-state index contributed by atoms with van der Waals surface area (Å²) in [6.07, 6.45) is 3.13. The minimum atomic E-state index is -0.634. The Morgan fingerprint density at radius 2 is 1.96 bits per heavy atom. The number of benzene rings is 1. The maximum atomic E-state index is 13.8. The molecule has 0 saturated heterocycles. The van der Waals surface area contributed by atoms with Crippen molar-refractivity contribution in [2.24, 2.45) is 0 Å². The molecule has 148 valence electrons. The quantitative estimate of drug-likeness (QED) is 0.305. The van der Waals surface area contributed by atoms with Crippen LogP contribution in [0.1, 0.15) is 38.7 Å². The number of nitrogens with zero attached hydrogens (tertiary/aromatic N) is 3. The van der Waals surface area contributed by atoms with Crippen LogP contribution in [-0.4, -0.2) is 20.9 Å². The average Bonchev–Trinajstić information content (AvgIpc) is 3.15. The second-order valence-corrected chi connectivity index (χ2v) is 7.36. The lowest BCUT2D eigenvalue weighted by molar-refractivity contribution is 0.181. The van der Waals surface area contributed by atoms with Gasteiger partial charge in [0.2, 0.25) is 0 Å². The number of aromatic nitrogens is 3. The molecule has 0 aliphatic rings. The molecule has 1 aromatic carbocycles. The van der Waals surface area contributed by atoms with E-state index in [0.717, 1.165) is 24.7 Å². The molecule has 2 heterocycles. The summed E-state index contributed by atoms with van der Waals surface area (Å²) in [4.78, 5) is 3.82. The van der Waals surface area contributed by atoms with Gasteiger partial charge in [-0.1, -0.05) is 36.7 Å². The van der Waals surface area contributed by atoms with E-state index >= 15 is 0 Å². The van der Waals surface area contributed by atoms with E-state index in [0.29, 0.717) is 22.6 Å². The van der Waals surface area contributed by atoms with Crippen LogP contribution in [0.25, 0.3) is 0 Å². The lowest BCUT2D eigenvalue weighted by Gasteiger charge is -2.11. The van der Waals surface area contributed by atoms with E-state index < -0.39 is 11.9 Å². The van der Waals surface area contributed by atoms with Gasteiger partial charge in [-0.25, -0.2) is 9.37 Å². The molecule has 28 heavy (non-hydrogen) atoms. The van der Waals surface area contributed by atoms with Crippen LogP contribution in [0.5, 0.6) is 17.4 Å². The van der Waals surface area contributed by atoms with Crippen molar-refractivity contribution < 1.29 is 18.3 Å². The van der Waals surface area contributed by atoms with Crippen LogP contribution in [0.2, 0.25) is 5.02 Å². The van der Waals surface area contributed by atoms with Crippen LogP contribution in [-0.2, 0) is 0 Å². The van der Waals surface area contributed by atoms with Crippen LogP contribution in [0.3, 0.4) is 0 Å². The van der Waals surface area contributed by atoms with E-state index in [9.17, 15) is 4.39 Å². The number of thioether (sulfide) groups is 1. The van der Waals surface area contributed by atoms with Gasteiger partial charge in [0.1, 0.15) is 11.5 Å². The van der Waals surface area contributed by atoms with Gasteiger partial charge in [-0.2, -0.15) is 0 Å². The molecule has 0 fully saturated rings. The normalized spacial score (nSPS) is 12.0. The molecule has 0 unspecified atom stereocenters. The average molecular weight is 424 g/mol. The molecule has 0 bridgehead atoms. The summed E-state index contributed by atoms with van der Waals surface area (Å²) in [5, 5.41) is 8.80. The molecule has 3 rings (SSSR count). The zero-order chi connectivity index (χ0) is 19.9. The first kappa shape index (κ1) is 20.4. The highest BCUT2D eigenvalue weighted by Crippen LogP contribution is 2.28. The lowest BCUT2D eigenvalue weighted by Crippen LogP contribution is -2.03. The topological polar surface area (TPSA) is 70.3 Å². The van der Waals surface area contributed by atoms with Crippen molar-refractivity contribution in [3.8, 4) is 17.4 Å². The van der Waals surface area contributed by atoms with Gasteiger partial charge >= 0.3 is 0 Å². The van der Waals surface area contributed by atoms with Gasteiger partial charge in [0.15, 0.2) is 11.9 Å². The van der Waals surface area contributed by atoms with Crippen molar-refractivity contribution in [3.63, 3.8) is 0 Å². The minimum absolute atomic E-state index is 0.148. The zero-order valence-electron chi connectivity index (χ0n) is 15.4. The van der Waals surface area contributed by atoms with E-state index in [1.807, 2.05) is 6.92 Å². The first-order valence-electron chi connectivity index (χ1n) is 8.77. The van der Waals surface area contributed by atoms with Crippen molar-refractivity contribution in [2.45, 2.75) is 38.0 Å². The maximum absolute atomic E-state index is 13.8. The summed E-state index contributed by atoms with van der Waals surface area (Å²) < 4.78 is 30.6. The third-order valence-electron chi connectivity index (χ3n) is 3.62. The summed E-state index contributed by atoms with van der Waals surface area (Å²) >= 11 is 7.22. The first-order valence-corrected chi connectivity index (χ1v) is 10.1. The third kappa shape index (κ3) is 5.59. The Bertz CT molecular complexity index is 908. The Kier molecular flexibility index (Phi) is 7.11. The van der Waals surface area contributed by atoms with Crippen LogP contribution in [0.15, 0.2) is 46.2 Å². The molecule has 2 aromatic heterocycles. The smallest absolute Gasteiger partial charge is 0.276 e. The van der Waals surface area contributed by atoms with Crippen molar-refractivity contribution in [1.29, 1.82) is 0 Å². The van der Waals surface area contributed by atoms with Gasteiger partial charge in [-0.05, 0) is 43.7 Å². The molecule has 0 aliphatic heterocycles. The van der Waals surface area contributed by atoms with Gasteiger partial charge < -0.3 is 13.9 Å². The highest BCUT2D eigenvalue weighted by molar-refractivity contribution is 7.99. The SMILES string of the molecule is CCCCSc1nnc([C@@H](C)Oc2ccc(Oc3ncc(Cl)cc3F)cc2)o1. The van der Waals surface area contributed by atoms with Crippen LogP contribution in [0.4, 0.5) is 4.39 Å². The van der Waals surface area contributed by atoms with Gasteiger partial charge in [0, 0.05) is 11.9 Å². The first-order chi connectivity index (χ1) is 13.5. The molecular formula is C19H19ClFN3O3S. The fraction of sp³-hybridized carbons (Fsp3) is 0.316. The maximum Gasteiger partial charge on any atom is 0.276 e. The summed E-state index contributed by atoms with van der Waals surface area (Å²) in [5.74, 6) is 1.57. The van der Waals surface area contributed by atoms with Crippen LogP contribution >= 0.6 is 23.4 Å². The highest BCUT2D eigenvalue weighted by atomic mass is 35.5. The molecule has 0 spiro atoms. The monoisotopic (exact) mass is 423 g/mol. The minimum Gasteiger partial charge on any atom is -0.481 e. The molecule has 0 aliphatic carbocycles. The van der Waals surface area contributed by atoms with E-state index in [4.69, 9.17) is 25.5 Å². The Labute approximate surface area is 171 Å². The van der Waals surface area contributed by atoms with Gasteiger partial charge in [-0.15, -0.1) is 10.2 Å². The predicted octanol–water partition coefficient (Wildman–Crippen LogP) is 6.08. The van der Waals surface area contributed by atoms with E-state index in [2.05, 4.69) is 22.1 Å². The third-order valence-corrected chi connectivity index (χ3v) is 4.73. The zero-order valence-corrected chi connectivity index (χ0v) is 17.0. The van der Waals surface area contributed by atoms with Crippen molar-refractivity contribution in [2.75, 3.05) is 5.75 Å². The highest BCUT2D eigenvalue weighted by Gasteiger charge is 2.16. The Hall–Kier alpha value is -2.32. The van der Waals surface area contributed by atoms with Gasteiger partial charge in [0.05, 0.1) is 5.02 Å². The van der Waals surface area contributed by atoms with Gasteiger partial charge in [-0.3, -0.25) is 0 Å². The summed E-state index contributed by atoms with van der Waals surface area (Å²) in [7, 11) is 0. The number of ether oxygens (including phenoxy) is 2. The second kappa shape index (κ2) is 9.75. The fourth-order valence-electron chi connectivity index (χ4n) is 2.18. The molecule has 3 aromatic rings. The van der Waals surface area contributed by atoms with Crippen LogP contribution < -0.4 is 9.47 Å². The summed E-state index contributed by atoms with van der Waals surface area (Å²) in [6, 6.07) is 7.84. The van der Waals surface area contributed by atoms with E-state index in [1.54, 1.807) is 24.3 Å². The largest absolute Gasteiger partial charge is 0.481 e. The van der Waals surface area contributed by atoms with E-state index in [-0.39, 0.29) is 10.9 Å². The van der Waals surface area contributed by atoms with Crippen molar-refractivity contribution >= 4 is 23.4 Å². The van der Waals surface area contributed by atoms with Crippen molar-refractivity contribution in [1.82, 2.24) is 15.2 Å². The van der Waals surface area contributed by atoms with E-state index in [1.165, 1.54) is 18.0 Å². The number of hydrogen-bond donors (Lipinski definition) is 0. The summed E-state index contributed by atoms with van der Waals surface area (Å²) in [6.45, 7) is 3.96. The predicted molar refractivity (Wildman–Crippen MR) is 105 cm³/mol. The number of rotatable bonds is 9. The number of unbranched alkanes of at least 4 members (excludes halogenated alkanes) is 1. The molecule has 0 N–H and O–H groups in total. The van der Waals surface area contributed by atoms with Gasteiger partial charge in [0.25, 0.3) is 17.0 Å². The Morgan fingerprint density at radius 3 is 2.68 bits per heavy atom. The van der Waals surface area contributed by atoms with Crippen molar-refractivity contribution in [3.05, 3.63) is 53.3 Å². The molecule has 1 atom stereocenters. The molecule has 0 radical (unpaired) electrons. The fourth-order valence-corrected chi connectivity index (χ4v) is 3.17. The summed E-state index contributed by atoms with van der Waals surface area (Å²) in [5.41, 5.74) is 0. The number of halogens is 2.